The zero-order valence-electron chi connectivity index (χ0n) is 9.73. The molecule has 0 aromatic carbocycles. The van der Waals surface area contributed by atoms with Crippen LogP contribution in [0, 0.1) is 0 Å². The molecule has 0 aromatic heterocycles. The molecule has 1 atom stereocenters. The van der Waals surface area contributed by atoms with Crippen LogP contribution in [0.5, 0.6) is 0 Å². The Kier molecular flexibility index (Phi) is 4.09. The van der Waals surface area contributed by atoms with Crippen molar-refractivity contribution in [1.29, 1.82) is 0 Å². The quantitative estimate of drug-likeness (QED) is 0.717. The van der Waals surface area contributed by atoms with E-state index in [2.05, 4.69) is 0 Å². The number of hydrogen-bond acceptors (Lipinski definition) is 3. The summed E-state index contributed by atoms with van der Waals surface area (Å²) in [6.07, 6.45) is 1.64. The van der Waals surface area contributed by atoms with E-state index in [0.717, 1.165) is 0 Å². The van der Waals surface area contributed by atoms with Crippen molar-refractivity contribution >= 4 is 17.2 Å². The summed E-state index contributed by atoms with van der Waals surface area (Å²) in [7, 11) is 0. The fraction of sp³-hybridized carbons (Fsp3) is 0.700. The van der Waals surface area contributed by atoms with E-state index >= 15 is 0 Å². The average molecular weight is 247 g/mol. The van der Waals surface area contributed by atoms with Crippen molar-refractivity contribution in [3.8, 4) is 0 Å². The molecule has 0 saturated heterocycles. The third kappa shape index (κ3) is 3.94. The third-order valence-corrected chi connectivity index (χ3v) is 2.86. The molecule has 6 heteroatoms. The molecule has 0 radical (unpaired) electrons. The summed E-state index contributed by atoms with van der Waals surface area (Å²) in [5, 5.41) is 0. The molecule has 1 N–H and O–H groups in total. The van der Waals surface area contributed by atoms with Gasteiger partial charge in [0.05, 0.1) is 0 Å². The predicted octanol–water partition coefficient (Wildman–Crippen LogP) is 1.73. The summed E-state index contributed by atoms with van der Waals surface area (Å²) < 4.78 is 24.8. The van der Waals surface area contributed by atoms with E-state index in [-0.39, 0.29) is 6.09 Å². The van der Waals surface area contributed by atoms with Crippen molar-refractivity contribution < 1.29 is 18.3 Å². The van der Waals surface area contributed by atoms with Crippen molar-refractivity contribution in [2.24, 2.45) is 0 Å². The Morgan fingerprint density at radius 2 is 2.19 bits per heavy atom. The maximum Gasteiger partial charge on any atom is 0.410 e. The summed E-state index contributed by atoms with van der Waals surface area (Å²) in [4.78, 5) is 13.6. The monoisotopic (exact) mass is 247 g/mol. The van der Waals surface area contributed by atoms with Crippen molar-refractivity contribution in [3.63, 3.8) is 0 Å². The second-order valence-electron chi connectivity index (χ2n) is 4.60. The van der Waals surface area contributed by atoms with Gasteiger partial charge in [0.2, 0.25) is 0 Å². The highest BCUT2D eigenvalue weighted by Gasteiger charge is 2.24. The maximum atomic E-state index is 11.6. The highest BCUT2D eigenvalue weighted by Crippen LogP contribution is 2.16. The Labute approximate surface area is 97.7 Å². The molecule has 92 valence electrons. The molecule has 5 nitrogen and oxygen atoms in total. The van der Waals surface area contributed by atoms with Gasteiger partial charge in [-0.05, 0) is 20.8 Å². The Morgan fingerprint density at radius 1 is 1.56 bits per heavy atom. The second kappa shape index (κ2) is 4.97. The number of carbonyl (C=O) groups is 1. The molecule has 0 bridgehead atoms. The lowest BCUT2D eigenvalue weighted by atomic mass is 10.2. The molecule has 1 amide bonds. The van der Waals surface area contributed by atoms with Crippen molar-refractivity contribution in [2.75, 3.05) is 13.1 Å². The maximum absolute atomic E-state index is 11.6. The first kappa shape index (κ1) is 13.2. The van der Waals surface area contributed by atoms with Crippen molar-refractivity contribution in [2.45, 2.75) is 32.8 Å². The molecule has 0 aromatic rings. The number of carbonyl (C=O) groups excluding carboxylic acids is 1. The Balaban J connectivity index is 2.54. The Bertz CT molecular complexity index is 332. The van der Waals surface area contributed by atoms with Crippen molar-refractivity contribution in [1.82, 2.24) is 4.90 Å². The first-order chi connectivity index (χ1) is 7.29. The van der Waals surface area contributed by atoms with E-state index in [9.17, 15) is 9.00 Å². The molecular weight excluding hydrogens is 230 g/mol. The van der Waals surface area contributed by atoms with Gasteiger partial charge in [0.25, 0.3) is 0 Å². The lowest BCUT2D eigenvalue weighted by molar-refractivity contribution is 0.0267. The topological polar surface area (TPSA) is 66.8 Å². The fourth-order valence-corrected chi connectivity index (χ4v) is 1.78. The molecule has 1 rings (SSSR count). The van der Waals surface area contributed by atoms with Crippen LogP contribution < -0.4 is 0 Å². The van der Waals surface area contributed by atoms with Crippen LogP contribution in [0.15, 0.2) is 11.0 Å². The Morgan fingerprint density at radius 3 is 2.56 bits per heavy atom. The Hall–Kier alpha value is -0.880. The van der Waals surface area contributed by atoms with Crippen LogP contribution in [0.2, 0.25) is 0 Å². The number of nitrogens with zero attached hydrogens (tertiary/aromatic N) is 1. The number of ether oxygens (including phenoxy) is 1. The van der Waals surface area contributed by atoms with Crippen LogP contribution in [0.1, 0.15) is 27.2 Å². The van der Waals surface area contributed by atoms with E-state index in [1.807, 2.05) is 0 Å². The minimum atomic E-state index is -1.92. The minimum absolute atomic E-state index is 0.330. The van der Waals surface area contributed by atoms with E-state index in [1.165, 1.54) is 4.90 Å². The minimum Gasteiger partial charge on any atom is -0.444 e. The summed E-state index contributed by atoms with van der Waals surface area (Å²) in [5.74, 6) is 0. The standard InChI is InChI=1S/C10H17NO4S/c1-10(2,3)15-9(12)11-6-4-8(5-7-11)16(13)14/h4H,5-7H2,1-3H3,(H,13,14). The molecule has 0 aliphatic carbocycles. The smallest absolute Gasteiger partial charge is 0.410 e. The summed E-state index contributed by atoms with van der Waals surface area (Å²) in [6.45, 7) is 6.17. The molecular formula is C10H17NO4S. The first-order valence-electron chi connectivity index (χ1n) is 5.07. The molecule has 16 heavy (non-hydrogen) atoms. The molecule has 0 fully saturated rings. The van der Waals surface area contributed by atoms with E-state index in [0.29, 0.717) is 24.4 Å². The highest BCUT2D eigenvalue weighted by atomic mass is 32.2. The van der Waals surface area contributed by atoms with Crippen LogP contribution in [-0.4, -0.2) is 38.4 Å². The molecule has 0 saturated carbocycles. The van der Waals surface area contributed by atoms with Crippen molar-refractivity contribution in [3.05, 3.63) is 11.0 Å². The van der Waals surface area contributed by atoms with Crippen LogP contribution in [-0.2, 0) is 15.8 Å². The van der Waals surface area contributed by atoms with Gasteiger partial charge in [-0.15, -0.1) is 0 Å². The summed E-state index contributed by atoms with van der Waals surface area (Å²) in [6, 6.07) is 0. The zero-order chi connectivity index (χ0) is 12.3. The van der Waals surface area contributed by atoms with Gasteiger partial charge >= 0.3 is 6.09 Å². The van der Waals surface area contributed by atoms with Crippen LogP contribution in [0.4, 0.5) is 4.79 Å². The van der Waals surface area contributed by atoms with E-state index in [4.69, 9.17) is 9.29 Å². The number of rotatable bonds is 1. The van der Waals surface area contributed by atoms with E-state index in [1.54, 1.807) is 26.8 Å². The van der Waals surface area contributed by atoms with Gasteiger partial charge in [-0.25, -0.2) is 9.00 Å². The van der Waals surface area contributed by atoms with Gasteiger partial charge in [-0.1, -0.05) is 6.08 Å². The van der Waals surface area contributed by atoms with Crippen LogP contribution in [0.25, 0.3) is 0 Å². The first-order valence-corrected chi connectivity index (χ1v) is 6.18. The van der Waals surface area contributed by atoms with Gasteiger partial charge < -0.3 is 14.2 Å². The average Bonchev–Trinajstić information content (AvgIpc) is 2.15. The highest BCUT2D eigenvalue weighted by molar-refractivity contribution is 7.83. The van der Waals surface area contributed by atoms with Gasteiger partial charge in [-0.2, -0.15) is 0 Å². The van der Waals surface area contributed by atoms with Crippen LogP contribution >= 0.6 is 0 Å². The SMILES string of the molecule is CC(C)(C)OC(=O)N1CC=C([S@@](=O)O)CC1. The second-order valence-corrected chi connectivity index (χ2v) is 5.62. The lowest BCUT2D eigenvalue weighted by Gasteiger charge is -2.28. The molecule has 0 spiro atoms. The van der Waals surface area contributed by atoms with Gasteiger partial charge in [0.1, 0.15) is 5.60 Å². The van der Waals surface area contributed by atoms with Gasteiger partial charge in [0, 0.05) is 24.4 Å². The largest absolute Gasteiger partial charge is 0.444 e. The molecule has 0 unspecified atom stereocenters. The number of hydrogen-bond donors (Lipinski definition) is 1. The summed E-state index contributed by atoms with van der Waals surface area (Å²) >= 11 is -1.92. The fourth-order valence-electron chi connectivity index (χ4n) is 1.30. The van der Waals surface area contributed by atoms with Gasteiger partial charge in [0.15, 0.2) is 11.1 Å². The predicted molar refractivity (Wildman–Crippen MR) is 61.3 cm³/mol. The molecule has 1 aliphatic heterocycles. The van der Waals surface area contributed by atoms with Crippen LogP contribution in [0.3, 0.4) is 0 Å². The zero-order valence-corrected chi connectivity index (χ0v) is 10.5. The normalized spacial score (nSPS) is 19.0. The number of amides is 1. The summed E-state index contributed by atoms with van der Waals surface area (Å²) in [5.41, 5.74) is -0.513. The third-order valence-electron chi connectivity index (χ3n) is 2.04. The molecule has 1 heterocycles. The van der Waals surface area contributed by atoms with E-state index < -0.39 is 16.7 Å². The van der Waals surface area contributed by atoms with Gasteiger partial charge in [-0.3, -0.25) is 0 Å². The lowest BCUT2D eigenvalue weighted by Crippen LogP contribution is -2.39. The molecule has 1 aliphatic rings.